The minimum absolute atomic E-state index is 0.163. The van der Waals surface area contributed by atoms with Gasteiger partial charge in [0.2, 0.25) is 5.91 Å². The fraction of sp³-hybridized carbons (Fsp3) is 0.417. The molecule has 1 atom stereocenters. The van der Waals surface area contributed by atoms with Crippen molar-refractivity contribution < 1.29 is 19.1 Å². The summed E-state index contributed by atoms with van der Waals surface area (Å²) in [6.07, 6.45) is 4.15. The van der Waals surface area contributed by atoms with Crippen molar-refractivity contribution in [1.29, 1.82) is 0 Å². The van der Waals surface area contributed by atoms with Crippen LogP contribution in [-0.4, -0.2) is 42.5 Å². The van der Waals surface area contributed by atoms with Gasteiger partial charge < -0.3 is 19.7 Å². The Bertz CT molecular complexity index is 930. The van der Waals surface area contributed by atoms with E-state index in [-0.39, 0.29) is 31.0 Å². The first kappa shape index (κ1) is 24.2. The first-order valence-corrected chi connectivity index (χ1v) is 11.4. The number of ether oxygens (including phenoxy) is 2. The number of nitrogens with zero attached hydrogens (tertiary/aromatic N) is 1. The molecule has 8 heteroatoms. The molecule has 0 aliphatic heterocycles. The minimum atomic E-state index is -0.686. The van der Waals surface area contributed by atoms with Crippen LogP contribution < -0.4 is 14.8 Å². The van der Waals surface area contributed by atoms with E-state index < -0.39 is 6.04 Å². The molecule has 32 heavy (non-hydrogen) atoms. The maximum atomic E-state index is 13.1. The van der Waals surface area contributed by atoms with E-state index in [1.807, 2.05) is 0 Å². The van der Waals surface area contributed by atoms with E-state index in [2.05, 4.69) is 5.32 Å². The molecule has 172 valence electrons. The molecular weight excluding hydrogens is 451 g/mol. The number of methoxy groups -OCH3 is 1. The highest BCUT2D eigenvalue weighted by Gasteiger charge is 2.29. The van der Waals surface area contributed by atoms with Crippen LogP contribution in [0.4, 0.5) is 0 Å². The van der Waals surface area contributed by atoms with E-state index in [0.717, 1.165) is 25.7 Å². The van der Waals surface area contributed by atoms with E-state index in [1.165, 1.54) is 4.90 Å². The van der Waals surface area contributed by atoms with Crippen molar-refractivity contribution in [3.63, 3.8) is 0 Å². The van der Waals surface area contributed by atoms with Crippen LogP contribution in [0.2, 0.25) is 10.0 Å². The molecule has 0 radical (unpaired) electrons. The number of carbonyl (C=O) groups is 2. The maximum absolute atomic E-state index is 13.1. The Morgan fingerprint density at radius 2 is 1.75 bits per heavy atom. The van der Waals surface area contributed by atoms with Gasteiger partial charge in [-0.05, 0) is 61.7 Å². The lowest BCUT2D eigenvalue weighted by Crippen LogP contribution is -2.50. The van der Waals surface area contributed by atoms with Gasteiger partial charge in [0.15, 0.2) is 6.61 Å². The van der Waals surface area contributed by atoms with Crippen molar-refractivity contribution in [2.24, 2.45) is 0 Å². The molecule has 2 aromatic rings. The van der Waals surface area contributed by atoms with Gasteiger partial charge in [0, 0.05) is 22.6 Å². The van der Waals surface area contributed by atoms with E-state index in [4.69, 9.17) is 32.7 Å². The van der Waals surface area contributed by atoms with Crippen LogP contribution in [0, 0.1) is 0 Å². The lowest BCUT2D eigenvalue weighted by atomic mass is 10.1. The monoisotopic (exact) mass is 478 g/mol. The van der Waals surface area contributed by atoms with E-state index >= 15 is 0 Å². The Morgan fingerprint density at radius 1 is 1.09 bits per heavy atom. The minimum Gasteiger partial charge on any atom is -0.497 e. The predicted molar refractivity (Wildman–Crippen MR) is 125 cm³/mol. The zero-order valence-corrected chi connectivity index (χ0v) is 19.8. The molecule has 2 aromatic carbocycles. The van der Waals surface area contributed by atoms with Gasteiger partial charge in [-0.15, -0.1) is 0 Å². The number of hydrogen-bond donors (Lipinski definition) is 1. The molecule has 2 amide bonds. The summed E-state index contributed by atoms with van der Waals surface area (Å²) in [6, 6.07) is 11.5. The Hall–Kier alpha value is -2.44. The van der Waals surface area contributed by atoms with Crippen molar-refractivity contribution >= 4 is 35.0 Å². The van der Waals surface area contributed by atoms with Crippen LogP contribution in [0.3, 0.4) is 0 Å². The standard InChI is InChI=1S/C24H28Cl2N2O4/c1-16(24(30)27-19-5-3-4-6-19)28(14-17-7-8-18(25)13-22(17)26)23(29)15-32-21-11-9-20(31-2)10-12-21/h7-13,16,19H,3-6,14-15H2,1-2H3,(H,27,30)/t16-/m0/s1. The summed E-state index contributed by atoms with van der Waals surface area (Å²) in [6.45, 7) is 1.68. The summed E-state index contributed by atoms with van der Waals surface area (Å²) in [4.78, 5) is 27.5. The largest absolute Gasteiger partial charge is 0.497 e. The summed E-state index contributed by atoms with van der Waals surface area (Å²) in [5.41, 5.74) is 0.703. The van der Waals surface area contributed by atoms with Crippen LogP contribution in [0.15, 0.2) is 42.5 Å². The third-order valence-corrected chi connectivity index (χ3v) is 6.23. The zero-order chi connectivity index (χ0) is 23.1. The quantitative estimate of drug-likeness (QED) is 0.558. The number of hydrogen-bond acceptors (Lipinski definition) is 4. The molecular formula is C24H28Cl2N2O4. The smallest absolute Gasteiger partial charge is 0.261 e. The fourth-order valence-electron chi connectivity index (χ4n) is 3.71. The highest BCUT2D eigenvalue weighted by atomic mass is 35.5. The number of halogens is 2. The van der Waals surface area contributed by atoms with Crippen molar-refractivity contribution in [3.05, 3.63) is 58.1 Å². The van der Waals surface area contributed by atoms with Crippen molar-refractivity contribution in [1.82, 2.24) is 10.2 Å². The average Bonchev–Trinajstić information content (AvgIpc) is 3.30. The highest BCUT2D eigenvalue weighted by Crippen LogP contribution is 2.24. The second-order valence-electron chi connectivity index (χ2n) is 7.89. The highest BCUT2D eigenvalue weighted by molar-refractivity contribution is 6.35. The normalized spacial score (nSPS) is 14.6. The Labute approximate surface area is 198 Å². The van der Waals surface area contributed by atoms with Gasteiger partial charge in [-0.25, -0.2) is 0 Å². The number of amides is 2. The predicted octanol–water partition coefficient (Wildman–Crippen LogP) is 4.86. The van der Waals surface area contributed by atoms with Gasteiger partial charge in [-0.2, -0.15) is 0 Å². The summed E-state index contributed by atoms with van der Waals surface area (Å²) in [7, 11) is 1.58. The fourth-order valence-corrected chi connectivity index (χ4v) is 4.18. The lowest BCUT2D eigenvalue weighted by molar-refractivity contribution is -0.142. The number of benzene rings is 2. The summed E-state index contributed by atoms with van der Waals surface area (Å²) in [5, 5.41) is 4.01. The molecule has 0 saturated heterocycles. The van der Waals surface area contributed by atoms with Crippen LogP contribution in [0.1, 0.15) is 38.2 Å². The molecule has 0 unspecified atom stereocenters. The molecule has 0 bridgehead atoms. The molecule has 1 aliphatic carbocycles. The molecule has 3 rings (SSSR count). The molecule has 0 heterocycles. The second-order valence-corrected chi connectivity index (χ2v) is 8.73. The average molecular weight is 479 g/mol. The van der Waals surface area contributed by atoms with Crippen molar-refractivity contribution in [3.8, 4) is 11.5 Å². The molecule has 0 aromatic heterocycles. The third-order valence-electron chi connectivity index (χ3n) is 5.65. The van der Waals surface area contributed by atoms with Crippen molar-refractivity contribution in [2.75, 3.05) is 13.7 Å². The number of carbonyl (C=O) groups excluding carboxylic acids is 2. The van der Waals surface area contributed by atoms with Gasteiger partial charge in [0.25, 0.3) is 5.91 Å². The van der Waals surface area contributed by atoms with Crippen molar-refractivity contribution in [2.45, 2.75) is 51.2 Å². The van der Waals surface area contributed by atoms with Crippen LogP contribution in [0.25, 0.3) is 0 Å². The van der Waals surface area contributed by atoms with Crippen LogP contribution in [-0.2, 0) is 16.1 Å². The molecule has 0 spiro atoms. The van der Waals surface area contributed by atoms with Gasteiger partial charge in [0.1, 0.15) is 17.5 Å². The lowest BCUT2D eigenvalue weighted by Gasteiger charge is -2.30. The van der Waals surface area contributed by atoms with E-state index in [9.17, 15) is 9.59 Å². The van der Waals surface area contributed by atoms with E-state index in [0.29, 0.717) is 27.1 Å². The Balaban J connectivity index is 1.72. The van der Waals surface area contributed by atoms with Crippen LogP contribution >= 0.6 is 23.2 Å². The summed E-state index contributed by atoms with van der Waals surface area (Å²) in [5.74, 6) is 0.729. The summed E-state index contributed by atoms with van der Waals surface area (Å²) < 4.78 is 10.8. The number of nitrogens with one attached hydrogen (secondary N) is 1. The zero-order valence-electron chi connectivity index (χ0n) is 18.3. The Kier molecular flexibility index (Phi) is 8.65. The van der Waals surface area contributed by atoms with Gasteiger partial charge >= 0.3 is 0 Å². The second kappa shape index (κ2) is 11.4. The summed E-state index contributed by atoms with van der Waals surface area (Å²) >= 11 is 12.3. The Morgan fingerprint density at radius 3 is 2.38 bits per heavy atom. The van der Waals surface area contributed by atoms with Gasteiger partial charge in [-0.3, -0.25) is 9.59 Å². The number of rotatable bonds is 9. The SMILES string of the molecule is COc1ccc(OCC(=O)N(Cc2ccc(Cl)cc2Cl)[C@@H](C)C(=O)NC2CCCC2)cc1. The first-order valence-electron chi connectivity index (χ1n) is 10.7. The molecule has 1 N–H and O–H groups in total. The van der Waals surface area contributed by atoms with Crippen LogP contribution in [0.5, 0.6) is 11.5 Å². The van der Waals surface area contributed by atoms with Gasteiger partial charge in [0.05, 0.1) is 7.11 Å². The van der Waals surface area contributed by atoms with Gasteiger partial charge in [-0.1, -0.05) is 42.1 Å². The van der Waals surface area contributed by atoms with E-state index in [1.54, 1.807) is 56.5 Å². The first-order chi connectivity index (χ1) is 15.4. The molecule has 6 nitrogen and oxygen atoms in total. The maximum Gasteiger partial charge on any atom is 0.261 e. The third kappa shape index (κ3) is 6.53. The molecule has 1 saturated carbocycles. The topological polar surface area (TPSA) is 67.9 Å². The molecule has 1 aliphatic rings. The molecule has 1 fully saturated rings.